The molecule has 2 amide bonds. The molecule has 2 heterocycles. The van der Waals surface area contributed by atoms with Crippen molar-refractivity contribution in [3.8, 4) is 0 Å². The summed E-state index contributed by atoms with van der Waals surface area (Å²) in [5, 5.41) is 9.29. The molecule has 0 bridgehead atoms. The lowest BCUT2D eigenvalue weighted by Crippen LogP contribution is -2.28. The van der Waals surface area contributed by atoms with E-state index < -0.39 is 17.8 Å². The van der Waals surface area contributed by atoms with E-state index in [1.165, 1.54) is 12.1 Å². The zero-order valence-corrected chi connectivity index (χ0v) is 12.2. The quantitative estimate of drug-likeness (QED) is 0.865. The molecule has 0 saturated heterocycles. The van der Waals surface area contributed by atoms with Crippen LogP contribution in [0, 0.1) is 13.8 Å². The summed E-state index contributed by atoms with van der Waals surface area (Å²) < 4.78 is 0. The lowest BCUT2D eigenvalue weighted by Gasteiger charge is -2.10. The lowest BCUT2D eigenvalue weighted by atomic mass is 9.99. The van der Waals surface area contributed by atoms with E-state index >= 15 is 0 Å². The maximum absolute atomic E-state index is 12.5. The van der Waals surface area contributed by atoms with Gasteiger partial charge in [-0.3, -0.25) is 9.59 Å². The maximum Gasteiger partial charge on any atom is 0.345 e. The van der Waals surface area contributed by atoms with Crippen molar-refractivity contribution in [1.29, 1.82) is 0 Å². The average Bonchev–Trinajstić information content (AvgIpc) is 2.98. The fraction of sp³-hybridized carbons (Fsp3) is 0.133. The van der Waals surface area contributed by atoms with Gasteiger partial charge in [0.25, 0.3) is 11.8 Å². The Morgan fingerprint density at radius 1 is 1.00 bits per heavy atom. The SMILES string of the molecule is Cc1ccc(C)c2c1C(=O)N(c1ccc(C(=O)O)s1)C2=O. The normalized spacial score (nSPS) is 13.7. The monoisotopic (exact) mass is 301 g/mol. The van der Waals surface area contributed by atoms with Crippen LogP contribution in [0.3, 0.4) is 0 Å². The molecule has 0 saturated carbocycles. The van der Waals surface area contributed by atoms with E-state index in [0.717, 1.165) is 27.4 Å². The van der Waals surface area contributed by atoms with Gasteiger partial charge in [0.05, 0.1) is 11.1 Å². The van der Waals surface area contributed by atoms with Crippen LogP contribution in [0.4, 0.5) is 5.00 Å². The topological polar surface area (TPSA) is 74.7 Å². The predicted molar refractivity (Wildman–Crippen MR) is 78.3 cm³/mol. The van der Waals surface area contributed by atoms with Crippen LogP contribution >= 0.6 is 11.3 Å². The summed E-state index contributed by atoms with van der Waals surface area (Å²) in [6.07, 6.45) is 0. The molecule has 1 aromatic heterocycles. The number of thiophene rings is 1. The number of carboxylic acids is 1. The molecule has 0 radical (unpaired) electrons. The Kier molecular flexibility index (Phi) is 2.91. The van der Waals surface area contributed by atoms with Gasteiger partial charge in [-0.2, -0.15) is 0 Å². The largest absolute Gasteiger partial charge is 0.477 e. The summed E-state index contributed by atoms with van der Waals surface area (Å²) in [6.45, 7) is 3.56. The number of imide groups is 1. The highest BCUT2D eigenvalue weighted by atomic mass is 32.1. The highest BCUT2D eigenvalue weighted by molar-refractivity contribution is 7.18. The van der Waals surface area contributed by atoms with Crippen LogP contribution in [-0.2, 0) is 0 Å². The second-order valence-electron chi connectivity index (χ2n) is 4.84. The molecule has 6 heteroatoms. The molecule has 2 aromatic rings. The van der Waals surface area contributed by atoms with Crippen LogP contribution in [0.1, 0.15) is 41.5 Å². The summed E-state index contributed by atoms with van der Waals surface area (Å²) in [6, 6.07) is 6.49. The molecule has 21 heavy (non-hydrogen) atoms. The molecule has 5 nitrogen and oxygen atoms in total. The van der Waals surface area contributed by atoms with E-state index in [1.54, 1.807) is 26.0 Å². The third-order valence-electron chi connectivity index (χ3n) is 3.48. The molecule has 1 N–H and O–H groups in total. The first-order valence-corrected chi connectivity index (χ1v) is 7.05. The van der Waals surface area contributed by atoms with Gasteiger partial charge >= 0.3 is 5.97 Å². The van der Waals surface area contributed by atoms with Crippen LogP contribution < -0.4 is 4.90 Å². The van der Waals surface area contributed by atoms with E-state index in [0.29, 0.717) is 16.1 Å². The third-order valence-corrected chi connectivity index (χ3v) is 4.54. The van der Waals surface area contributed by atoms with E-state index in [2.05, 4.69) is 0 Å². The van der Waals surface area contributed by atoms with Gasteiger partial charge in [0.15, 0.2) is 0 Å². The van der Waals surface area contributed by atoms with Gasteiger partial charge in [-0.1, -0.05) is 12.1 Å². The zero-order chi connectivity index (χ0) is 15.3. The van der Waals surface area contributed by atoms with Crippen LogP contribution in [0.2, 0.25) is 0 Å². The highest BCUT2D eigenvalue weighted by Crippen LogP contribution is 2.35. The molecule has 1 aromatic carbocycles. The Balaban J connectivity index is 2.13. The minimum absolute atomic E-state index is 0.0926. The van der Waals surface area contributed by atoms with Gasteiger partial charge in [0, 0.05) is 0 Å². The van der Waals surface area contributed by atoms with Crippen molar-refractivity contribution in [2.24, 2.45) is 0 Å². The number of nitrogens with zero attached hydrogens (tertiary/aromatic N) is 1. The molecular weight excluding hydrogens is 290 g/mol. The molecule has 0 aliphatic carbocycles. The van der Waals surface area contributed by atoms with Gasteiger partial charge in [-0.05, 0) is 37.1 Å². The fourth-order valence-corrected chi connectivity index (χ4v) is 3.28. The minimum Gasteiger partial charge on any atom is -0.477 e. The fourth-order valence-electron chi connectivity index (χ4n) is 2.44. The zero-order valence-electron chi connectivity index (χ0n) is 11.3. The van der Waals surface area contributed by atoms with Crippen molar-refractivity contribution < 1.29 is 19.5 Å². The van der Waals surface area contributed by atoms with E-state index in [9.17, 15) is 14.4 Å². The number of carboxylic acid groups (broad SMARTS) is 1. The number of amides is 2. The second kappa shape index (κ2) is 4.53. The van der Waals surface area contributed by atoms with E-state index in [-0.39, 0.29) is 4.88 Å². The molecule has 0 atom stereocenters. The van der Waals surface area contributed by atoms with Crippen LogP contribution in [0.25, 0.3) is 0 Å². The van der Waals surface area contributed by atoms with Crippen molar-refractivity contribution in [2.75, 3.05) is 4.90 Å². The lowest BCUT2D eigenvalue weighted by molar-refractivity contribution is 0.0701. The van der Waals surface area contributed by atoms with Crippen LogP contribution in [-0.4, -0.2) is 22.9 Å². The number of anilines is 1. The Labute approximate surface area is 124 Å². The standard InChI is InChI=1S/C15H11NO4S/c1-7-3-4-8(2)12-11(7)13(17)16(14(12)18)10-6-5-9(21-10)15(19)20/h3-6H,1-2H3,(H,19,20). The van der Waals surface area contributed by atoms with Crippen molar-refractivity contribution in [3.63, 3.8) is 0 Å². The van der Waals surface area contributed by atoms with Gasteiger partial charge in [-0.25, -0.2) is 9.69 Å². The molecule has 0 spiro atoms. The number of carbonyl (C=O) groups is 3. The Morgan fingerprint density at radius 3 is 1.95 bits per heavy atom. The van der Waals surface area contributed by atoms with Crippen molar-refractivity contribution in [1.82, 2.24) is 0 Å². The summed E-state index contributed by atoms with van der Waals surface area (Å²) in [4.78, 5) is 37.1. The second-order valence-corrected chi connectivity index (χ2v) is 5.90. The third kappa shape index (κ3) is 1.87. The number of fused-ring (bicyclic) bond motifs is 1. The molecule has 1 aliphatic heterocycles. The minimum atomic E-state index is -1.07. The van der Waals surface area contributed by atoms with Crippen molar-refractivity contribution in [3.05, 3.63) is 51.4 Å². The molecule has 106 valence electrons. The number of benzene rings is 1. The Bertz CT molecular complexity index is 765. The van der Waals surface area contributed by atoms with Crippen molar-refractivity contribution in [2.45, 2.75) is 13.8 Å². The first-order chi connectivity index (χ1) is 9.91. The first-order valence-electron chi connectivity index (χ1n) is 6.24. The maximum atomic E-state index is 12.5. The molecule has 0 unspecified atom stereocenters. The van der Waals surface area contributed by atoms with Gasteiger partial charge < -0.3 is 5.11 Å². The number of rotatable bonds is 2. The molecule has 0 fully saturated rings. The Morgan fingerprint density at radius 2 is 1.52 bits per heavy atom. The van der Waals surface area contributed by atoms with E-state index in [4.69, 9.17) is 5.11 Å². The van der Waals surface area contributed by atoms with Crippen molar-refractivity contribution >= 4 is 34.1 Å². The van der Waals surface area contributed by atoms with Gasteiger partial charge in [0.2, 0.25) is 0 Å². The summed E-state index contributed by atoms with van der Waals surface area (Å²) in [5.41, 5.74) is 2.30. The number of carbonyl (C=O) groups excluding carboxylic acids is 2. The Hall–Kier alpha value is -2.47. The summed E-state index contributed by atoms with van der Waals surface area (Å²) >= 11 is 0.913. The summed E-state index contributed by atoms with van der Waals surface area (Å²) in [5.74, 6) is -1.86. The first kappa shape index (κ1) is 13.5. The average molecular weight is 301 g/mol. The molecular formula is C15H11NO4S. The molecule has 3 rings (SSSR count). The number of hydrogen-bond donors (Lipinski definition) is 1. The number of hydrogen-bond acceptors (Lipinski definition) is 4. The number of aryl methyl sites for hydroxylation is 2. The molecule has 1 aliphatic rings. The van der Waals surface area contributed by atoms with Gasteiger partial charge in [-0.15, -0.1) is 11.3 Å². The van der Waals surface area contributed by atoms with Gasteiger partial charge in [0.1, 0.15) is 9.88 Å². The highest BCUT2D eigenvalue weighted by Gasteiger charge is 2.39. The van der Waals surface area contributed by atoms with E-state index in [1.807, 2.05) is 0 Å². The summed E-state index contributed by atoms with van der Waals surface area (Å²) in [7, 11) is 0. The predicted octanol–water partition coefficient (Wildman–Crippen LogP) is 2.86. The van der Waals surface area contributed by atoms with Crippen LogP contribution in [0.5, 0.6) is 0 Å². The smallest absolute Gasteiger partial charge is 0.345 e. The number of aromatic carboxylic acids is 1. The van der Waals surface area contributed by atoms with Crippen LogP contribution in [0.15, 0.2) is 24.3 Å².